The lowest BCUT2D eigenvalue weighted by Gasteiger charge is -2.28. The molecule has 0 spiro atoms. The van der Waals surface area contributed by atoms with Gasteiger partial charge in [0.05, 0.1) is 11.7 Å². The van der Waals surface area contributed by atoms with Crippen LogP contribution in [0.25, 0.3) is 0 Å². The van der Waals surface area contributed by atoms with E-state index < -0.39 is 0 Å². The van der Waals surface area contributed by atoms with Gasteiger partial charge in [0.2, 0.25) is 0 Å². The van der Waals surface area contributed by atoms with Gasteiger partial charge in [-0.3, -0.25) is 0 Å². The Bertz CT molecular complexity index is 202. The average molecular weight is 245 g/mol. The number of methoxy groups -OCH3 is 1. The van der Waals surface area contributed by atoms with Crippen molar-refractivity contribution in [3.05, 3.63) is 0 Å². The van der Waals surface area contributed by atoms with Gasteiger partial charge in [0.1, 0.15) is 0 Å². The first kappa shape index (κ1) is 16.9. The molecule has 1 atom stereocenters. The summed E-state index contributed by atoms with van der Waals surface area (Å²) in [6.07, 6.45) is 2.29. The van der Waals surface area contributed by atoms with Gasteiger partial charge in [0, 0.05) is 25.8 Å². The third-order valence-electron chi connectivity index (χ3n) is 3.41. The number of ether oxygens (including phenoxy) is 2. The summed E-state index contributed by atoms with van der Waals surface area (Å²) in [4.78, 5) is 0. The third-order valence-corrected chi connectivity index (χ3v) is 3.41. The van der Waals surface area contributed by atoms with Gasteiger partial charge in [-0.2, -0.15) is 0 Å². The molecule has 0 aliphatic rings. The smallest absolute Gasteiger partial charge is 0.0671 e. The van der Waals surface area contributed by atoms with Gasteiger partial charge in [-0.15, -0.1) is 0 Å². The maximum Gasteiger partial charge on any atom is 0.0671 e. The van der Waals surface area contributed by atoms with E-state index in [0.29, 0.717) is 0 Å². The van der Waals surface area contributed by atoms with Crippen LogP contribution in [0.2, 0.25) is 0 Å². The predicted octanol–water partition coefficient (Wildman–Crippen LogP) is 2.98. The highest BCUT2D eigenvalue weighted by molar-refractivity contribution is 4.76. The summed E-state index contributed by atoms with van der Waals surface area (Å²) in [6.45, 7) is 14.5. The largest absolute Gasteiger partial charge is 0.379 e. The Morgan fingerprint density at radius 2 is 1.76 bits per heavy atom. The van der Waals surface area contributed by atoms with Crippen LogP contribution in [-0.4, -0.2) is 37.5 Å². The molecule has 1 N–H and O–H groups in total. The maximum absolute atomic E-state index is 5.78. The summed E-state index contributed by atoms with van der Waals surface area (Å²) in [5, 5.41) is 3.51. The number of nitrogens with one attached hydrogen (secondary N) is 1. The first-order valence-electron chi connectivity index (χ1n) is 6.64. The molecule has 0 aromatic rings. The first-order chi connectivity index (χ1) is 7.72. The molecular formula is C14H31NO2. The minimum atomic E-state index is -0.0875. The molecule has 0 amide bonds. The van der Waals surface area contributed by atoms with E-state index in [-0.39, 0.29) is 17.2 Å². The molecule has 0 bridgehead atoms. The van der Waals surface area contributed by atoms with Gasteiger partial charge in [0.25, 0.3) is 0 Å². The van der Waals surface area contributed by atoms with Crippen LogP contribution in [0.3, 0.4) is 0 Å². The van der Waals surface area contributed by atoms with E-state index in [2.05, 4.69) is 46.9 Å². The fourth-order valence-corrected chi connectivity index (χ4v) is 1.21. The lowest BCUT2D eigenvalue weighted by Crippen LogP contribution is -2.43. The lowest BCUT2D eigenvalue weighted by molar-refractivity contribution is -0.0239. The molecule has 0 rings (SSSR count). The van der Waals surface area contributed by atoms with Crippen LogP contribution in [0.15, 0.2) is 0 Å². The Labute approximate surface area is 107 Å². The number of rotatable bonds is 9. The van der Waals surface area contributed by atoms with Crippen molar-refractivity contribution in [3.8, 4) is 0 Å². The predicted molar refractivity (Wildman–Crippen MR) is 73.5 cm³/mol. The normalized spacial score (nSPS) is 15.0. The van der Waals surface area contributed by atoms with Gasteiger partial charge in [-0.05, 0) is 47.5 Å². The van der Waals surface area contributed by atoms with Crippen molar-refractivity contribution < 1.29 is 9.47 Å². The van der Waals surface area contributed by atoms with Crippen LogP contribution >= 0.6 is 0 Å². The monoisotopic (exact) mass is 245 g/mol. The molecule has 0 fully saturated rings. The molecule has 1 unspecified atom stereocenters. The highest BCUT2D eigenvalue weighted by Gasteiger charge is 2.18. The maximum atomic E-state index is 5.78. The first-order valence-corrected chi connectivity index (χ1v) is 6.64. The highest BCUT2D eigenvalue weighted by Crippen LogP contribution is 2.13. The average Bonchev–Trinajstić information content (AvgIpc) is 2.26. The van der Waals surface area contributed by atoms with Crippen molar-refractivity contribution in [1.82, 2.24) is 5.32 Å². The molecule has 0 saturated heterocycles. The Balaban J connectivity index is 3.71. The Morgan fingerprint density at radius 3 is 2.24 bits per heavy atom. The van der Waals surface area contributed by atoms with Crippen LogP contribution in [0.5, 0.6) is 0 Å². The van der Waals surface area contributed by atoms with Crippen molar-refractivity contribution in [2.45, 2.75) is 71.6 Å². The second-order valence-corrected chi connectivity index (χ2v) is 6.01. The van der Waals surface area contributed by atoms with Crippen LogP contribution in [-0.2, 0) is 9.47 Å². The third kappa shape index (κ3) is 8.58. The van der Waals surface area contributed by atoms with Crippen LogP contribution < -0.4 is 5.32 Å². The van der Waals surface area contributed by atoms with E-state index in [1.165, 1.54) is 0 Å². The summed E-state index contributed by atoms with van der Waals surface area (Å²) < 4.78 is 11.1. The van der Waals surface area contributed by atoms with E-state index in [1.54, 1.807) is 7.11 Å². The molecule has 17 heavy (non-hydrogen) atoms. The van der Waals surface area contributed by atoms with E-state index in [9.17, 15) is 0 Å². The lowest BCUT2D eigenvalue weighted by atomic mass is 10.0. The Morgan fingerprint density at radius 1 is 1.18 bits per heavy atom. The molecule has 3 nitrogen and oxygen atoms in total. The molecule has 0 aliphatic heterocycles. The van der Waals surface area contributed by atoms with E-state index >= 15 is 0 Å². The quantitative estimate of drug-likeness (QED) is 0.677. The summed E-state index contributed by atoms with van der Waals surface area (Å²) >= 11 is 0. The van der Waals surface area contributed by atoms with Gasteiger partial charge in [-0.25, -0.2) is 0 Å². The van der Waals surface area contributed by atoms with Gasteiger partial charge in [0.15, 0.2) is 0 Å². The van der Waals surface area contributed by atoms with Crippen molar-refractivity contribution in [2.24, 2.45) is 0 Å². The fourth-order valence-electron chi connectivity index (χ4n) is 1.21. The van der Waals surface area contributed by atoms with Crippen molar-refractivity contribution in [3.63, 3.8) is 0 Å². The Kier molecular flexibility index (Phi) is 7.29. The van der Waals surface area contributed by atoms with Gasteiger partial charge < -0.3 is 14.8 Å². The van der Waals surface area contributed by atoms with Crippen LogP contribution in [0, 0.1) is 0 Å². The van der Waals surface area contributed by atoms with E-state index in [1.807, 2.05) is 0 Å². The molecule has 0 heterocycles. The molecule has 0 aliphatic carbocycles. The molecule has 0 aromatic carbocycles. The summed E-state index contributed by atoms with van der Waals surface area (Å²) in [5.74, 6) is 0. The van der Waals surface area contributed by atoms with Crippen molar-refractivity contribution >= 4 is 0 Å². The summed E-state index contributed by atoms with van der Waals surface area (Å²) in [7, 11) is 1.74. The van der Waals surface area contributed by atoms with Crippen molar-refractivity contribution in [1.29, 1.82) is 0 Å². The zero-order valence-corrected chi connectivity index (χ0v) is 12.7. The second kappa shape index (κ2) is 7.34. The molecule has 104 valence electrons. The molecule has 0 saturated carbocycles. The van der Waals surface area contributed by atoms with Crippen molar-refractivity contribution in [2.75, 3.05) is 20.3 Å². The van der Waals surface area contributed by atoms with Crippen LogP contribution in [0.1, 0.15) is 54.4 Å². The molecule has 0 aromatic heterocycles. The molecule has 0 radical (unpaired) electrons. The topological polar surface area (TPSA) is 30.5 Å². The van der Waals surface area contributed by atoms with E-state index in [4.69, 9.17) is 9.47 Å². The minimum absolute atomic E-state index is 0.0875. The molecule has 3 heteroatoms. The number of hydrogen-bond donors (Lipinski definition) is 1. The molecular weight excluding hydrogens is 214 g/mol. The number of hydrogen-bond acceptors (Lipinski definition) is 3. The van der Waals surface area contributed by atoms with Crippen LogP contribution in [0.4, 0.5) is 0 Å². The minimum Gasteiger partial charge on any atom is -0.379 e. The van der Waals surface area contributed by atoms with Gasteiger partial charge >= 0.3 is 0 Å². The summed E-state index contributed by atoms with van der Waals surface area (Å²) in [5.41, 5.74) is 0.110. The SMILES string of the molecule is CCC(C)(C)NCC(C)OCCC(C)(C)OC. The zero-order valence-electron chi connectivity index (χ0n) is 12.7. The fraction of sp³-hybridized carbons (Fsp3) is 1.00. The standard InChI is InChI=1S/C14H31NO2/c1-8-13(3,4)15-11-12(2)17-10-9-14(5,6)16-7/h12,15H,8-11H2,1-7H3. The Hall–Kier alpha value is -0.120. The highest BCUT2D eigenvalue weighted by atomic mass is 16.5. The zero-order chi connectivity index (χ0) is 13.5. The summed E-state index contributed by atoms with van der Waals surface area (Å²) in [6, 6.07) is 0. The second-order valence-electron chi connectivity index (χ2n) is 6.01. The van der Waals surface area contributed by atoms with E-state index in [0.717, 1.165) is 26.0 Å². The van der Waals surface area contributed by atoms with Gasteiger partial charge in [-0.1, -0.05) is 6.92 Å².